The Morgan fingerprint density at radius 1 is 1.35 bits per heavy atom. The topological polar surface area (TPSA) is 80.5 Å². The smallest absolute Gasteiger partial charge is 0.227 e. The minimum Gasteiger partial charge on any atom is -0.341 e. The zero-order valence-corrected chi connectivity index (χ0v) is 12.5. The second-order valence-corrected chi connectivity index (χ2v) is 7.28. The maximum Gasteiger partial charge on any atom is 0.227 e. The number of halogens is 1. The van der Waals surface area contributed by atoms with Gasteiger partial charge in [0.25, 0.3) is 0 Å². The van der Waals surface area contributed by atoms with Gasteiger partial charge in [-0.3, -0.25) is 4.79 Å². The van der Waals surface area contributed by atoms with Crippen molar-refractivity contribution >= 4 is 27.5 Å². The van der Waals surface area contributed by atoms with Crippen LogP contribution in [-0.4, -0.2) is 37.6 Å². The van der Waals surface area contributed by atoms with Gasteiger partial charge >= 0.3 is 0 Å². The molecule has 1 unspecified atom stereocenters. The van der Waals surface area contributed by atoms with Gasteiger partial charge in [-0.25, -0.2) is 13.6 Å². The Labute approximate surface area is 123 Å². The van der Waals surface area contributed by atoms with Gasteiger partial charge in [0.15, 0.2) is 0 Å². The summed E-state index contributed by atoms with van der Waals surface area (Å²) in [6.45, 7) is 0.768. The molecule has 1 amide bonds. The zero-order valence-electron chi connectivity index (χ0n) is 11.0. The minimum atomic E-state index is -3.58. The van der Waals surface area contributed by atoms with E-state index in [-0.39, 0.29) is 18.9 Å². The Morgan fingerprint density at radius 3 is 2.60 bits per heavy atom. The molecule has 1 atom stereocenters. The van der Waals surface area contributed by atoms with Gasteiger partial charge in [0.2, 0.25) is 15.9 Å². The Morgan fingerprint density at radius 2 is 2.00 bits per heavy atom. The van der Waals surface area contributed by atoms with Crippen molar-refractivity contribution in [2.45, 2.75) is 24.5 Å². The third kappa shape index (κ3) is 3.94. The molecule has 1 aromatic carbocycles. The molecule has 2 rings (SSSR count). The highest BCUT2D eigenvalue weighted by Crippen LogP contribution is 2.17. The molecule has 110 valence electrons. The van der Waals surface area contributed by atoms with Gasteiger partial charge < -0.3 is 4.90 Å². The molecule has 1 aromatic rings. The fourth-order valence-electron chi connectivity index (χ4n) is 2.32. The molecule has 0 aliphatic carbocycles. The van der Waals surface area contributed by atoms with Crippen LogP contribution in [0.15, 0.2) is 24.3 Å². The highest BCUT2D eigenvalue weighted by molar-refractivity contribution is 7.89. The normalized spacial score (nSPS) is 19.9. The van der Waals surface area contributed by atoms with Crippen LogP contribution in [-0.2, 0) is 21.2 Å². The first-order valence-electron chi connectivity index (χ1n) is 6.40. The SMILES string of the molecule is NS(=O)(=O)C1CCCN(C(=O)Cc2ccc(Cl)cc2)C1. The molecule has 0 radical (unpaired) electrons. The Kier molecular flexibility index (Phi) is 4.67. The van der Waals surface area contributed by atoms with E-state index in [4.69, 9.17) is 16.7 Å². The maximum atomic E-state index is 12.2. The van der Waals surface area contributed by atoms with Gasteiger partial charge in [-0.05, 0) is 30.5 Å². The van der Waals surface area contributed by atoms with E-state index in [9.17, 15) is 13.2 Å². The van der Waals surface area contributed by atoms with Crippen molar-refractivity contribution in [3.8, 4) is 0 Å². The number of hydrogen-bond donors (Lipinski definition) is 1. The predicted octanol–water partition coefficient (Wildman–Crippen LogP) is 1.16. The van der Waals surface area contributed by atoms with Crippen LogP contribution in [0.1, 0.15) is 18.4 Å². The number of amides is 1. The summed E-state index contributed by atoms with van der Waals surface area (Å²) in [6.07, 6.45) is 1.42. The molecule has 5 nitrogen and oxygen atoms in total. The summed E-state index contributed by atoms with van der Waals surface area (Å²) in [5.74, 6) is -0.0827. The summed E-state index contributed by atoms with van der Waals surface area (Å²) in [5, 5.41) is 5.13. The first kappa shape index (κ1) is 15.3. The lowest BCUT2D eigenvalue weighted by molar-refractivity contribution is -0.131. The molecule has 0 aromatic heterocycles. The van der Waals surface area contributed by atoms with E-state index in [1.165, 1.54) is 0 Å². The number of likely N-dealkylation sites (tertiary alicyclic amines) is 1. The van der Waals surface area contributed by atoms with Crippen molar-refractivity contribution < 1.29 is 13.2 Å². The molecule has 1 heterocycles. The molecule has 0 saturated carbocycles. The van der Waals surface area contributed by atoms with E-state index in [0.717, 1.165) is 5.56 Å². The van der Waals surface area contributed by atoms with Crippen molar-refractivity contribution in [1.82, 2.24) is 4.90 Å². The van der Waals surface area contributed by atoms with E-state index >= 15 is 0 Å². The lowest BCUT2D eigenvalue weighted by Crippen LogP contribution is -2.47. The van der Waals surface area contributed by atoms with E-state index in [1.807, 2.05) is 0 Å². The number of carbonyl (C=O) groups is 1. The monoisotopic (exact) mass is 316 g/mol. The average molecular weight is 317 g/mol. The number of carbonyl (C=O) groups excluding carboxylic acids is 1. The molecule has 1 aliphatic heterocycles. The summed E-state index contributed by atoms with van der Waals surface area (Å²) in [4.78, 5) is 13.8. The highest BCUT2D eigenvalue weighted by atomic mass is 35.5. The maximum absolute atomic E-state index is 12.2. The van der Waals surface area contributed by atoms with Gasteiger partial charge in [-0.2, -0.15) is 0 Å². The fourth-order valence-corrected chi connectivity index (χ4v) is 3.33. The highest BCUT2D eigenvalue weighted by Gasteiger charge is 2.30. The van der Waals surface area contributed by atoms with Crippen LogP contribution >= 0.6 is 11.6 Å². The first-order valence-corrected chi connectivity index (χ1v) is 8.39. The van der Waals surface area contributed by atoms with Gasteiger partial charge in [0, 0.05) is 18.1 Å². The quantitative estimate of drug-likeness (QED) is 0.908. The molecule has 2 N–H and O–H groups in total. The summed E-state index contributed by atoms with van der Waals surface area (Å²) >= 11 is 5.79. The number of sulfonamides is 1. The van der Waals surface area contributed by atoms with Crippen molar-refractivity contribution in [3.63, 3.8) is 0 Å². The molecule has 1 aliphatic rings. The fraction of sp³-hybridized carbons (Fsp3) is 0.462. The number of piperidine rings is 1. The van der Waals surface area contributed by atoms with Gasteiger partial charge in [0.1, 0.15) is 0 Å². The lowest BCUT2D eigenvalue weighted by atomic mass is 10.1. The summed E-state index contributed by atoms with van der Waals surface area (Å²) in [7, 11) is -3.58. The predicted molar refractivity (Wildman–Crippen MR) is 77.9 cm³/mol. The Bertz CT molecular complexity index is 586. The van der Waals surface area contributed by atoms with Crippen molar-refractivity contribution in [3.05, 3.63) is 34.9 Å². The van der Waals surface area contributed by atoms with Crippen molar-refractivity contribution in [2.24, 2.45) is 5.14 Å². The zero-order chi connectivity index (χ0) is 14.8. The van der Waals surface area contributed by atoms with Gasteiger partial charge in [-0.15, -0.1) is 0 Å². The average Bonchev–Trinajstić information content (AvgIpc) is 2.40. The number of rotatable bonds is 3. The second kappa shape index (κ2) is 6.11. The molecule has 1 saturated heterocycles. The molecule has 7 heteroatoms. The van der Waals surface area contributed by atoms with Crippen molar-refractivity contribution in [1.29, 1.82) is 0 Å². The van der Waals surface area contributed by atoms with Crippen LogP contribution in [0.5, 0.6) is 0 Å². The molecule has 0 spiro atoms. The van der Waals surface area contributed by atoms with E-state index in [0.29, 0.717) is 24.4 Å². The summed E-state index contributed by atoms with van der Waals surface area (Å²) < 4.78 is 22.8. The van der Waals surface area contributed by atoms with E-state index < -0.39 is 15.3 Å². The third-order valence-electron chi connectivity index (χ3n) is 3.46. The third-order valence-corrected chi connectivity index (χ3v) is 5.03. The summed E-state index contributed by atoms with van der Waals surface area (Å²) in [5.41, 5.74) is 0.858. The van der Waals surface area contributed by atoms with Crippen LogP contribution in [0, 0.1) is 0 Å². The van der Waals surface area contributed by atoms with Crippen molar-refractivity contribution in [2.75, 3.05) is 13.1 Å². The number of primary sulfonamides is 1. The Hall–Kier alpha value is -1.11. The molecule has 1 fully saturated rings. The number of nitrogens with two attached hydrogens (primary N) is 1. The van der Waals surface area contributed by atoms with Crippen LogP contribution < -0.4 is 5.14 Å². The van der Waals surface area contributed by atoms with Crippen LogP contribution in [0.25, 0.3) is 0 Å². The Balaban J connectivity index is 2.00. The first-order chi connectivity index (χ1) is 9.36. The van der Waals surface area contributed by atoms with Crippen LogP contribution in [0.3, 0.4) is 0 Å². The minimum absolute atomic E-state index is 0.0827. The number of benzene rings is 1. The second-order valence-electron chi connectivity index (χ2n) is 5.00. The lowest BCUT2D eigenvalue weighted by Gasteiger charge is -2.31. The van der Waals surface area contributed by atoms with E-state index in [2.05, 4.69) is 0 Å². The van der Waals surface area contributed by atoms with Gasteiger partial charge in [-0.1, -0.05) is 23.7 Å². The van der Waals surface area contributed by atoms with Crippen LogP contribution in [0.2, 0.25) is 5.02 Å². The standard InChI is InChI=1S/C13H17ClN2O3S/c14-11-5-3-10(4-6-11)8-13(17)16-7-1-2-12(9-16)20(15,18)19/h3-6,12H,1-2,7-9H2,(H2,15,18,19). The number of hydrogen-bond acceptors (Lipinski definition) is 3. The molecule has 20 heavy (non-hydrogen) atoms. The van der Waals surface area contributed by atoms with E-state index in [1.54, 1.807) is 29.2 Å². The summed E-state index contributed by atoms with van der Waals surface area (Å²) in [6, 6.07) is 7.05. The molecular formula is C13H17ClN2O3S. The molecule has 0 bridgehead atoms. The number of nitrogens with zero attached hydrogens (tertiary/aromatic N) is 1. The largest absolute Gasteiger partial charge is 0.341 e. The van der Waals surface area contributed by atoms with Crippen LogP contribution in [0.4, 0.5) is 0 Å². The van der Waals surface area contributed by atoms with Gasteiger partial charge in [0.05, 0.1) is 11.7 Å². The molecular weight excluding hydrogens is 300 g/mol.